The van der Waals surface area contributed by atoms with E-state index in [2.05, 4.69) is 91.8 Å². The summed E-state index contributed by atoms with van der Waals surface area (Å²) in [5.74, 6) is 1.35. The van der Waals surface area contributed by atoms with Crippen molar-refractivity contribution in [2.75, 3.05) is 0 Å². The third kappa shape index (κ3) is 4.83. The quantitative estimate of drug-likeness (QED) is 0.279. The first-order valence-electron chi connectivity index (χ1n) is 11.9. The topological polar surface area (TPSA) is 0 Å². The van der Waals surface area contributed by atoms with E-state index < -0.39 is 0 Å². The number of hydrogen-bond acceptors (Lipinski definition) is 0. The van der Waals surface area contributed by atoms with Gasteiger partial charge in [-0.25, -0.2) is 0 Å². The summed E-state index contributed by atoms with van der Waals surface area (Å²) in [6.45, 7) is 17.9. The fraction of sp³-hybridized carbons (Fsp3) is 0.400. The molecule has 2 radical (unpaired) electrons. The van der Waals surface area contributed by atoms with E-state index in [0.717, 1.165) is 11.1 Å². The van der Waals surface area contributed by atoms with Gasteiger partial charge in [-0.3, -0.25) is 0 Å². The number of halogens is 1. The van der Waals surface area contributed by atoms with Gasteiger partial charge in [0, 0.05) is 0 Å². The molecule has 3 aromatic rings. The maximum atomic E-state index is 15.3. The van der Waals surface area contributed by atoms with Crippen molar-refractivity contribution < 1.29 is 4.39 Å². The van der Waals surface area contributed by atoms with Crippen LogP contribution >= 0.6 is 0 Å². The zero-order valence-corrected chi connectivity index (χ0v) is 23.7. The van der Waals surface area contributed by atoms with Gasteiger partial charge < -0.3 is 0 Å². The monoisotopic (exact) mass is 535 g/mol. The van der Waals surface area contributed by atoms with Gasteiger partial charge in [-0.15, -0.1) is 0 Å². The maximum absolute atomic E-state index is 15.3. The molecule has 0 aliphatic heterocycles. The summed E-state index contributed by atoms with van der Waals surface area (Å²) in [5, 5.41) is 0. The zero-order valence-electron chi connectivity index (χ0n) is 20.8. The van der Waals surface area contributed by atoms with Crippen LogP contribution in [-0.4, -0.2) is 22.5 Å². The van der Waals surface area contributed by atoms with Crippen LogP contribution in [0.5, 0.6) is 0 Å². The van der Waals surface area contributed by atoms with E-state index in [-0.39, 0.29) is 5.82 Å². The molecule has 0 unspecified atom stereocenters. The predicted octanol–water partition coefficient (Wildman–Crippen LogP) is 8.45. The molecule has 0 spiro atoms. The van der Waals surface area contributed by atoms with Crippen molar-refractivity contribution in [3.8, 4) is 22.3 Å². The summed E-state index contributed by atoms with van der Waals surface area (Å²) in [6, 6.07) is 16.7. The van der Waals surface area contributed by atoms with E-state index in [4.69, 9.17) is 0 Å². The number of hydrogen-bond donors (Lipinski definition) is 0. The molecule has 3 rings (SSSR count). The van der Waals surface area contributed by atoms with Crippen molar-refractivity contribution in [1.29, 1.82) is 0 Å². The summed E-state index contributed by atoms with van der Waals surface area (Å²) >= 11 is 1.32. The van der Waals surface area contributed by atoms with Crippen molar-refractivity contribution >= 4 is 26.1 Å². The van der Waals surface area contributed by atoms with Crippen molar-refractivity contribution in [3.63, 3.8) is 0 Å². The molecule has 0 aromatic heterocycles. The Morgan fingerprint density at radius 1 is 0.562 bits per heavy atom. The minimum absolute atomic E-state index is 0.150. The molecular weight excluding hydrogens is 498 g/mol. The average molecular weight is 534 g/mol. The summed E-state index contributed by atoms with van der Waals surface area (Å²) in [7, 11) is 0. The third-order valence-corrected chi connectivity index (χ3v) is 7.93. The molecule has 3 aromatic carbocycles. The van der Waals surface area contributed by atoms with Crippen LogP contribution < -0.4 is 3.58 Å². The second-order valence-corrected chi connectivity index (χ2v) is 11.5. The van der Waals surface area contributed by atoms with Gasteiger partial charge >= 0.3 is 208 Å². The molecule has 0 N–H and O–H groups in total. The van der Waals surface area contributed by atoms with Crippen LogP contribution in [0.3, 0.4) is 0 Å². The first kappa shape index (κ1) is 25.0. The molecule has 32 heavy (non-hydrogen) atoms. The minimum atomic E-state index is -0.150. The summed E-state index contributed by atoms with van der Waals surface area (Å²) < 4.78 is 16.6. The first-order chi connectivity index (χ1) is 15.0. The Labute approximate surface area is 207 Å². The van der Waals surface area contributed by atoms with Crippen molar-refractivity contribution in [1.82, 2.24) is 0 Å². The van der Waals surface area contributed by atoms with Crippen LogP contribution in [0.25, 0.3) is 22.3 Å². The molecule has 0 amide bonds. The Hall–Kier alpha value is -1.61. The second kappa shape index (κ2) is 10.1. The van der Waals surface area contributed by atoms with Gasteiger partial charge in [0.05, 0.1) is 0 Å². The van der Waals surface area contributed by atoms with Crippen LogP contribution in [0.1, 0.15) is 101 Å². The molecule has 0 nitrogen and oxygen atoms in total. The summed E-state index contributed by atoms with van der Waals surface area (Å²) in [5.41, 5.74) is 9.82. The molecular formula is C30H36FSn+. The van der Waals surface area contributed by atoms with E-state index in [1.165, 1.54) is 59.5 Å². The van der Waals surface area contributed by atoms with Crippen molar-refractivity contribution in [2.24, 2.45) is 0 Å². The zero-order chi connectivity index (χ0) is 23.7. The second-order valence-electron chi connectivity index (χ2n) is 10.1. The normalized spacial score (nSPS) is 11.9. The van der Waals surface area contributed by atoms with E-state index >= 15 is 4.39 Å². The van der Waals surface area contributed by atoms with Gasteiger partial charge in [0.25, 0.3) is 0 Å². The van der Waals surface area contributed by atoms with Crippen molar-refractivity contribution in [3.05, 3.63) is 76.6 Å². The summed E-state index contributed by atoms with van der Waals surface area (Å²) in [4.78, 5) is 0. The van der Waals surface area contributed by atoms with E-state index in [1.807, 2.05) is 0 Å². The van der Waals surface area contributed by atoms with E-state index in [9.17, 15) is 0 Å². The molecule has 0 aliphatic rings. The molecule has 2 heteroatoms. The van der Waals surface area contributed by atoms with Gasteiger partial charge in [-0.1, -0.05) is 0 Å². The predicted molar refractivity (Wildman–Crippen MR) is 139 cm³/mol. The average Bonchev–Trinajstić information content (AvgIpc) is 2.73. The van der Waals surface area contributed by atoms with E-state index in [1.54, 1.807) is 12.1 Å². The van der Waals surface area contributed by atoms with Gasteiger partial charge in [0.2, 0.25) is 0 Å². The van der Waals surface area contributed by atoms with Gasteiger partial charge in [-0.2, -0.15) is 0 Å². The molecule has 0 bridgehead atoms. The van der Waals surface area contributed by atoms with Crippen LogP contribution in [0.15, 0.2) is 48.5 Å². The van der Waals surface area contributed by atoms with Gasteiger partial charge in [0.1, 0.15) is 0 Å². The Bertz CT molecular complexity index is 969. The van der Waals surface area contributed by atoms with Gasteiger partial charge in [-0.05, 0) is 0 Å². The van der Waals surface area contributed by atoms with E-state index in [0.29, 0.717) is 23.7 Å². The molecule has 0 saturated carbocycles. The Balaban J connectivity index is 2.44. The molecule has 0 atom stereocenters. The van der Waals surface area contributed by atoms with Crippen LogP contribution in [0.2, 0.25) is 0 Å². The third-order valence-electron chi connectivity index (χ3n) is 6.39. The molecule has 0 aliphatic carbocycles. The number of benzene rings is 3. The Kier molecular flexibility index (Phi) is 7.91. The number of rotatable bonds is 6. The SMILES string of the molecule is CC(C)c1cccc(C(C)C)c1-c1cc(F)cc(-c2c(C(C)C)cccc2C(C)C)[c]1[Sn+]. The molecule has 0 saturated heterocycles. The van der Waals surface area contributed by atoms with Crippen LogP contribution in [0, 0.1) is 5.82 Å². The molecule has 166 valence electrons. The van der Waals surface area contributed by atoms with Crippen LogP contribution in [-0.2, 0) is 0 Å². The fourth-order valence-corrected chi connectivity index (χ4v) is 5.85. The standard InChI is InChI=1S/C30H36F.Sn/c1-18(2)25-11-9-12-26(19(3)4)29(25)22-15-23(17-24(31)16-22)30-27(20(5)6)13-10-14-28(30)21(7)8;/h9-14,16-21H,1-8H3;/q;+1. The molecule has 0 heterocycles. The van der Waals surface area contributed by atoms with Gasteiger partial charge in [0.15, 0.2) is 0 Å². The fourth-order valence-electron chi connectivity index (χ4n) is 4.73. The summed E-state index contributed by atoms with van der Waals surface area (Å²) in [6.07, 6.45) is 0. The Morgan fingerprint density at radius 3 is 1.09 bits per heavy atom. The van der Waals surface area contributed by atoms with Crippen molar-refractivity contribution in [2.45, 2.75) is 79.1 Å². The first-order valence-corrected chi connectivity index (χ1v) is 13.3. The van der Waals surface area contributed by atoms with Crippen LogP contribution in [0.4, 0.5) is 4.39 Å². The molecule has 0 fully saturated rings. The Morgan fingerprint density at radius 2 is 0.844 bits per heavy atom.